The molecule has 0 N–H and O–H groups in total. The van der Waals surface area contributed by atoms with Crippen molar-refractivity contribution in [1.82, 2.24) is 9.80 Å². The van der Waals surface area contributed by atoms with Crippen LogP contribution >= 0.6 is 11.6 Å². The van der Waals surface area contributed by atoms with E-state index in [1.165, 1.54) is 0 Å². The first-order valence-electron chi connectivity index (χ1n) is 8.43. The number of ether oxygens (including phenoxy) is 1. The lowest BCUT2D eigenvalue weighted by Crippen LogP contribution is -2.43. The van der Waals surface area contributed by atoms with Gasteiger partial charge in [0.15, 0.2) is 0 Å². The maximum atomic E-state index is 11.8. The van der Waals surface area contributed by atoms with Crippen LogP contribution in [0.4, 0.5) is 4.79 Å². The molecule has 0 spiro atoms. The highest BCUT2D eigenvalue weighted by Crippen LogP contribution is 2.25. The fourth-order valence-electron chi connectivity index (χ4n) is 3.53. The van der Waals surface area contributed by atoms with Crippen molar-refractivity contribution in [3.8, 4) is 0 Å². The third-order valence-electron chi connectivity index (χ3n) is 4.82. The van der Waals surface area contributed by atoms with E-state index in [0.29, 0.717) is 18.6 Å². The van der Waals surface area contributed by atoms with Gasteiger partial charge in [-0.05, 0) is 52.1 Å². The maximum absolute atomic E-state index is 11.8. The molecule has 2 aliphatic heterocycles. The van der Waals surface area contributed by atoms with E-state index in [9.17, 15) is 4.79 Å². The quantitative estimate of drug-likeness (QED) is 0.748. The first-order valence-corrected chi connectivity index (χ1v) is 8.81. The lowest BCUT2D eigenvalue weighted by molar-refractivity contribution is 0.105. The second kappa shape index (κ2) is 8.73. The summed E-state index contributed by atoms with van der Waals surface area (Å²) in [7, 11) is 1.77. The van der Waals surface area contributed by atoms with Crippen molar-refractivity contribution in [2.45, 2.75) is 45.1 Å². The Bertz CT molecular complexity index is 395. The molecule has 0 bridgehead atoms. The van der Waals surface area contributed by atoms with Crippen LogP contribution in [0.5, 0.6) is 0 Å². The minimum atomic E-state index is -0.159. The number of rotatable bonds is 3. The normalized spacial score (nSPS) is 25.9. The molecule has 0 aromatic rings. The highest BCUT2D eigenvalue weighted by Gasteiger charge is 2.29. The summed E-state index contributed by atoms with van der Waals surface area (Å²) in [4.78, 5) is 20.4. The number of carbonyl (C=O) groups is 1. The SMILES string of the molecule is CCOC(=O)N1CCCC(N2CCC(C(Cl)=NC)CC2)CC1. The number of halogens is 1. The molecule has 2 heterocycles. The van der Waals surface area contributed by atoms with Crippen molar-refractivity contribution < 1.29 is 9.53 Å². The molecule has 0 radical (unpaired) electrons. The van der Waals surface area contributed by atoms with Crippen molar-refractivity contribution in [1.29, 1.82) is 0 Å². The van der Waals surface area contributed by atoms with Crippen LogP contribution in [0.3, 0.4) is 0 Å². The van der Waals surface area contributed by atoms with E-state index in [1.807, 2.05) is 11.8 Å². The number of aliphatic imine (C=N–C) groups is 1. The minimum absolute atomic E-state index is 0.159. The number of piperidine rings is 1. The largest absolute Gasteiger partial charge is 0.450 e. The Morgan fingerprint density at radius 1 is 1.18 bits per heavy atom. The van der Waals surface area contributed by atoms with Crippen molar-refractivity contribution in [2.24, 2.45) is 10.9 Å². The molecular formula is C16H28ClN3O2. The molecule has 0 aromatic heterocycles. The van der Waals surface area contributed by atoms with Gasteiger partial charge >= 0.3 is 6.09 Å². The molecule has 2 saturated heterocycles. The predicted molar refractivity (Wildman–Crippen MR) is 89.7 cm³/mol. The highest BCUT2D eigenvalue weighted by molar-refractivity contribution is 6.65. The Balaban J connectivity index is 1.81. The molecule has 2 fully saturated rings. The van der Waals surface area contributed by atoms with Crippen LogP contribution in [0.2, 0.25) is 0 Å². The summed E-state index contributed by atoms with van der Waals surface area (Å²) in [5, 5.41) is 0.772. The number of likely N-dealkylation sites (tertiary alicyclic amines) is 2. The second-order valence-corrected chi connectivity index (χ2v) is 6.51. The molecule has 2 rings (SSSR count). The molecule has 0 aromatic carbocycles. The van der Waals surface area contributed by atoms with Crippen molar-refractivity contribution in [3.63, 3.8) is 0 Å². The van der Waals surface area contributed by atoms with E-state index >= 15 is 0 Å². The lowest BCUT2D eigenvalue weighted by atomic mass is 9.95. The third kappa shape index (κ3) is 4.59. The van der Waals surface area contributed by atoms with Gasteiger partial charge in [0, 0.05) is 32.1 Å². The Kier molecular flexibility index (Phi) is 6.96. The molecule has 22 heavy (non-hydrogen) atoms. The van der Waals surface area contributed by atoms with E-state index in [2.05, 4.69) is 9.89 Å². The number of amides is 1. The van der Waals surface area contributed by atoms with E-state index in [4.69, 9.17) is 16.3 Å². The average molecular weight is 330 g/mol. The predicted octanol–water partition coefficient (Wildman–Crippen LogP) is 2.98. The van der Waals surface area contributed by atoms with E-state index < -0.39 is 0 Å². The van der Waals surface area contributed by atoms with Gasteiger partial charge in [-0.1, -0.05) is 11.6 Å². The summed E-state index contributed by atoms with van der Waals surface area (Å²) in [6, 6.07) is 0.581. The van der Waals surface area contributed by atoms with Gasteiger partial charge in [0.25, 0.3) is 0 Å². The molecule has 1 atom stereocenters. The van der Waals surface area contributed by atoms with Gasteiger partial charge in [-0.3, -0.25) is 4.99 Å². The Morgan fingerprint density at radius 3 is 2.55 bits per heavy atom. The van der Waals surface area contributed by atoms with Gasteiger partial charge in [0.2, 0.25) is 0 Å². The fourth-order valence-corrected chi connectivity index (χ4v) is 3.74. The summed E-state index contributed by atoms with van der Waals surface area (Å²) < 4.78 is 5.12. The summed E-state index contributed by atoms with van der Waals surface area (Å²) in [6.07, 6.45) is 5.28. The maximum Gasteiger partial charge on any atom is 0.409 e. The van der Waals surface area contributed by atoms with Crippen LogP contribution in [0, 0.1) is 5.92 Å². The number of hydrogen-bond donors (Lipinski definition) is 0. The van der Waals surface area contributed by atoms with Crippen LogP contribution in [0.25, 0.3) is 0 Å². The Labute approximate surface area is 138 Å². The van der Waals surface area contributed by atoms with Gasteiger partial charge < -0.3 is 14.5 Å². The topological polar surface area (TPSA) is 45.1 Å². The van der Waals surface area contributed by atoms with E-state index in [-0.39, 0.29) is 6.09 Å². The van der Waals surface area contributed by atoms with E-state index in [0.717, 1.165) is 63.5 Å². The molecular weight excluding hydrogens is 302 g/mol. The second-order valence-electron chi connectivity index (χ2n) is 6.13. The summed E-state index contributed by atoms with van der Waals surface area (Å²) >= 11 is 6.16. The molecule has 6 heteroatoms. The van der Waals surface area contributed by atoms with Gasteiger partial charge in [0.05, 0.1) is 6.61 Å². The summed E-state index contributed by atoms with van der Waals surface area (Å²) in [6.45, 7) is 6.10. The summed E-state index contributed by atoms with van der Waals surface area (Å²) in [5.41, 5.74) is 0. The summed E-state index contributed by atoms with van der Waals surface area (Å²) in [5.74, 6) is 0.435. The molecule has 0 saturated carbocycles. The Hall–Kier alpha value is -0.810. The zero-order valence-electron chi connectivity index (χ0n) is 13.8. The molecule has 0 aliphatic carbocycles. The van der Waals surface area contributed by atoms with Gasteiger partial charge in [-0.2, -0.15) is 0 Å². The van der Waals surface area contributed by atoms with Gasteiger partial charge in [-0.15, -0.1) is 0 Å². The van der Waals surface area contributed by atoms with Gasteiger partial charge in [-0.25, -0.2) is 4.79 Å². The zero-order chi connectivity index (χ0) is 15.9. The zero-order valence-corrected chi connectivity index (χ0v) is 14.5. The standard InChI is InChI=1S/C16H28ClN3O2/c1-3-22-16(21)20-9-4-5-14(8-12-20)19-10-6-13(7-11-19)15(17)18-2/h13-14H,3-12H2,1-2H3. The van der Waals surface area contributed by atoms with Gasteiger partial charge in [0.1, 0.15) is 5.17 Å². The van der Waals surface area contributed by atoms with E-state index in [1.54, 1.807) is 7.05 Å². The molecule has 126 valence electrons. The van der Waals surface area contributed by atoms with Crippen molar-refractivity contribution in [2.75, 3.05) is 39.8 Å². The molecule has 1 unspecified atom stereocenters. The average Bonchev–Trinajstić information content (AvgIpc) is 2.80. The monoisotopic (exact) mass is 329 g/mol. The first kappa shape index (κ1) is 17.5. The first-order chi connectivity index (χ1) is 10.7. The molecule has 1 amide bonds. The third-order valence-corrected chi connectivity index (χ3v) is 5.30. The van der Waals surface area contributed by atoms with Crippen molar-refractivity contribution >= 4 is 22.9 Å². The fraction of sp³-hybridized carbons (Fsp3) is 0.875. The number of nitrogens with zero attached hydrogens (tertiary/aromatic N) is 3. The van der Waals surface area contributed by atoms with Crippen LogP contribution in [0.1, 0.15) is 39.0 Å². The lowest BCUT2D eigenvalue weighted by Gasteiger charge is -2.37. The van der Waals surface area contributed by atoms with Crippen LogP contribution < -0.4 is 0 Å². The molecule has 2 aliphatic rings. The number of carbonyl (C=O) groups excluding carboxylic acids is 1. The molecule has 5 nitrogen and oxygen atoms in total. The highest BCUT2D eigenvalue weighted by atomic mass is 35.5. The Morgan fingerprint density at radius 2 is 1.91 bits per heavy atom. The number of hydrogen-bond acceptors (Lipinski definition) is 4. The van der Waals surface area contributed by atoms with Crippen LogP contribution in [0.15, 0.2) is 4.99 Å². The van der Waals surface area contributed by atoms with Crippen LogP contribution in [-0.2, 0) is 4.74 Å². The minimum Gasteiger partial charge on any atom is -0.450 e. The van der Waals surface area contributed by atoms with Crippen molar-refractivity contribution in [3.05, 3.63) is 0 Å². The van der Waals surface area contributed by atoms with Crippen LogP contribution in [-0.4, -0.2) is 66.9 Å². The smallest absolute Gasteiger partial charge is 0.409 e.